The summed E-state index contributed by atoms with van der Waals surface area (Å²) in [5, 5.41) is 15.1. The standard InChI is InChI=1S/C14H10N4O2S2/c19-12(17-14-18-15-8-22-14)9-3-5-10(6-4-9)16-13(20)11-2-1-7-21-11/h1-8H,(H,16,20)(H,17,18,19). The summed E-state index contributed by atoms with van der Waals surface area (Å²) < 4.78 is 0. The van der Waals surface area contributed by atoms with Crippen LogP contribution in [-0.4, -0.2) is 22.0 Å². The van der Waals surface area contributed by atoms with E-state index in [0.717, 1.165) is 0 Å². The second kappa shape index (κ2) is 6.46. The highest BCUT2D eigenvalue weighted by Crippen LogP contribution is 2.15. The number of aromatic nitrogens is 2. The van der Waals surface area contributed by atoms with Gasteiger partial charge in [0.1, 0.15) is 5.51 Å². The van der Waals surface area contributed by atoms with E-state index in [4.69, 9.17) is 0 Å². The quantitative estimate of drug-likeness (QED) is 0.770. The molecule has 0 unspecified atom stereocenters. The first-order valence-electron chi connectivity index (χ1n) is 6.25. The summed E-state index contributed by atoms with van der Waals surface area (Å²) >= 11 is 2.62. The highest BCUT2D eigenvalue weighted by molar-refractivity contribution is 7.13. The van der Waals surface area contributed by atoms with Gasteiger partial charge in [0, 0.05) is 11.3 Å². The molecule has 3 aromatic rings. The van der Waals surface area contributed by atoms with Crippen LogP contribution in [0, 0.1) is 0 Å². The zero-order valence-corrected chi connectivity index (χ0v) is 12.8. The van der Waals surface area contributed by atoms with Crippen LogP contribution in [-0.2, 0) is 0 Å². The molecule has 22 heavy (non-hydrogen) atoms. The van der Waals surface area contributed by atoms with E-state index in [-0.39, 0.29) is 11.8 Å². The van der Waals surface area contributed by atoms with Crippen LogP contribution in [0.25, 0.3) is 0 Å². The Bertz CT molecular complexity index is 768. The second-order valence-electron chi connectivity index (χ2n) is 4.21. The van der Waals surface area contributed by atoms with Crippen molar-refractivity contribution in [3.63, 3.8) is 0 Å². The molecule has 0 spiro atoms. The van der Waals surface area contributed by atoms with Crippen molar-refractivity contribution in [2.75, 3.05) is 10.6 Å². The summed E-state index contributed by atoms with van der Waals surface area (Å²) in [5.41, 5.74) is 2.65. The number of rotatable bonds is 4. The average Bonchev–Trinajstić information content (AvgIpc) is 3.21. The molecule has 2 heterocycles. The number of hydrogen-bond donors (Lipinski definition) is 2. The van der Waals surface area contributed by atoms with Crippen LogP contribution in [0.2, 0.25) is 0 Å². The maximum atomic E-state index is 12.0. The van der Waals surface area contributed by atoms with Crippen LogP contribution in [0.1, 0.15) is 20.0 Å². The number of thiophene rings is 1. The Morgan fingerprint density at radius 2 is 1.77 bits per heavy atom. The van der Waals surface area contributed by atoms with E-state index < -0.39 is 0 Å². The molecule has 0 bridgehead atoms. The molecule has 0 saturated heterocycles. The highest BCUT2D eigenvalue weighted by Gasteiger charge is 2.10. The van der Waals surface area contributed by atoms with Crippen LogP contribution in [0.3, 0.4) is 0 Å². The minimum atomic E-state index is -0.270. The van der Waals surface area contributed by atoms with Crippen LogP contribution in [0.5, 0.6) is 0 Å². The SMILES string of the molecule is O=C(Nc1nncs1)c1ccc(NC(=O)c2cccs2)cc1. The summed E-state index contributed by atoms with van der Waals surface area (Å²) in [7, 11) is 0. The number of hydrogen-bond acceptors (Lipinski definition) is 6. The predicted octanol–water partition coefficient (Wildman–Crippen LogP) is 3.10. The number of anilines is 2. The maximum Gasteiger partial charge on any atom is 0.265 e. The summed E-state index contributed by atoms with van der Waals surface area (Å²) in [6.45, 7) is 0. The second-order valence-corrected chi connectivity index (χ2v) is 5.99. The smallest absolute Gasteiger partial charge is 0.265 e. The molecule has 0 fully saturated rings. The summed E-state index contributed by atoms with van der Waals surface area (Å²) in [6.07, 6.45) is 0. The lowest BCUT2D eigenvalue weighted by Crippen LogP contribution is -2.13. The van der Waals surface area contributed by atoms with E-state index in [1.54, 1.807) is 35.8 Å². The zero-order chi connectivity index (χ0) is 15.4. The molecule has 0 saturated carbocycles. The van der Waals surface area contributed by atoms with Crippen molar-refractivity contribution in [1.82, 2.24) is 10.2 Å². The third-order valence-corrected chi connectivity index (χ3v) is 4.21. The van der Waals surface area contributed by atoms with E-state index in [9.17, 15) is 9.59 Å². The lowest BCUT2D eigenvalue weighted by atomic mass is 10.2. The monoisotopic (exact) mass is 330 g/mol. The van der Waals surface area contributed by atoms with Gasteiger partial charge < -0.3 is 5.32 Å². The number of nitrogens with one attached hydrogen (secondary N) is 2. The Labute approximate surface area is 133 Å². The van der Waals surface area contributed by atoms with Gasteiger partial charge in [-0.2, -0.15) is 0 Å². The van der Waals surface area contributed by atoms with Crippen molar-refractivity contribution in [1.29, 1.82) is 0 Å². The molecule has 0 atom stereocenters. The van der Waals surface area contributed by atoms with Gasteiger partial charge in [0.15, 0.2) is 0 Å². The fourth-order valence-corrected chi connectivity index (χ4v) is 2.76. The van der Waals surface area contributed by atoms with Gasteiger partial charge in [-0.25, -0.2) is 0 Å². The molecule has 6 nitrogen and oxygen atoms in total. The van der Waals surface area contributed by atoms with Gasteiger partial charge in [0.25, 0.3) is 11.8 Å². The highest BCUT2D eigenvalue weighted by atomic mass is 32.1. The Morgan fingerprint density at radius 1 is 0.955 bits per heavy atom. The average molecular weight is 330 g/mol. The van der Waals surface area contributed by atoms with E-state index >= 15 is 0 Å². The van der Waals surface area contributed by atoms with Gasteiger partial charge in [0.2, 0.25) is 5.13 Å². The first-order valence-corrected chi connectivity index (χ1v) is 8.01. The number of carbonyl (C=O) groups is 2. The molecule has 0 radical (unpaired) electrons. The van der Waals surface area contributed by atoms with Crippen molar-refractivity contribution < 1.29 is 9.59 Å². The van der Waals surface area contributed by atoms with Crippen molar-refractivity contribution in [2.45, 2.75) is 0 Å². The molecule has 0 aliphatic rings. The van der Waals surface area contributed by atoms with Crippen LogP contribution in [0.4, 0.5) is 10.8 Å². The topological polar surface area (TPSA) is 84.0 Å². The fraction of sp³-hybridized carbons (Fsp3) is 0. The largest absolute Gasteiger partial charge is 0.321 e. The third-order valence-electron chi connectivity index (χ3n) is 2.73. The van der Waals surface area contributed by atoms with Crippen molar-refractivity contribution >= 4 is 45.3 Å². The van der Waals surface area contributed by atoms with E-state index in [1.807, 2.05) is 11.4 Å². The normalized spacial score (nSPS) is 10.2. The first kappa shape index (κ1) is 14.4. The molecule has 2 amide bonds. The van der Waals surface area contributed by atoms with Crippen molar-refractivity contribution in [3.8, 4) is 0 Å². The molecule has 2 N–H and O–H groups in total. The maximum absolute atomic E-state index is 12.0. The molecule has 3 rings (SSSR count). The molecule has 8 heteroatoms. The van der Waals surface area contributed by atoms with Gasteiger partial charge in [-0.3, -0.25) is 14.9 Å². The fourth-order valence-electron chi connectivity index (χ4n) is 1.70. The van der Waals surface area contributed by atoms with Crippen molar-refractivity contribution in [3.05, 3.63) is 57.7 Å². The first-order chi connectivity index (χ1) is 10.7. The van der Waals surface area contributed by atoms with Gasteiger partial charge in [-0.05, 0) is 35.7 Å². The van der Waals surface area contributed by atoms with Gasteiger partial charge in [-0.15, -0.1) is 21.5 Å². The lowest BCUT2D eigenvalue weighted by molar-refractivity contribution is 0.102. The Hall–Kier alpha value is -2.58. The van der Waals surface area contributed by atoms with Crippen LogP contribution in [0.15, 0.2) is 47.3 Å². The third kappa shape index (κ3) is 3.35. The van der Waals surface area contributed by atoms with E-state index in [1.165, 1.54) is 22.7 Å². The van der Waals surface area contributed by atoms with Crippen molar-refractivity contribution in [2.24, 2.45) is 0 Å². The Morgan fingerprint density at radius 3 is 2.41 bits per heavy atom. The summed E-state index contributed by atoms with van der Waals surface area (Å²) in [5.74, 6) is -0.436. The minimum Gasteiger partial charge on any atom is -0.321 e. The molecular weight excluding hydrogens is 320 g/mol. The Kier molecular flexibility index (Phi) is 4.22. The molecule has 0 aliphatic heterocycles. The summed E-state index contributed by atoms with van der Waals surface area (Å²) in [4.78, 5) is 24.5. The van der Waals surface area contributed by atoms with Gasteiger partial charge >= 0.3 is 0 Å². The number of benzene rings is 1. The van der Waals surface area contributed by atoms with Gasteiger partial charge in [0.05, 0.1) is 4.88 Å². The Balaban J connectivity index is 1.65. The predicted molar refractivity (Wildman–Crippen MR) is 86.6 cm³/mol. The molecule has 110 valence electrons. The molecule has 1 aromatic carbocycles. The lowest BCUT2D eigenvalue weighted by Gasteiger charge is -2.05. The van der Waals surface area contributed by atoms with E-state index in [0.29, 0.717) is 21.3 Å². The van der Waals surface area contributed by atoms with Crippen LogP contribution >= 0.6 is 22.7 Å². The molecule has 0 aliphatic carbocycles. The van der Waals surface area contributed by atoms with Gasteiger partial charge in [-0.1, -0.05) is 17.4 Å². The molecule has 2 aromatic heterocycles. The zero-order valence-electron chi connectivity index (χ0n) is 11.1. The number of carbonyl (C=O) groups excluding carboxylic acids is 2. The van der Waals surface area contributed by atoms with E-state index in [2.05, 4.69) is 20.8 Å². The van der Waals surface area contributed by atoms with Crippen LogP contribution < -0.4 is 10.6 Å². The minimum absolute atomic E-state index is 0.166. The molecular formula is C14H10N4O2S2. The summed E-state index contributed by atoms with van der Waals surface area (Å²) in [6, 6.07) is 10.2. The number of amides is 2. The number of nitrogens with zero attached hydrogens (tertiary/aromatic N) is 2.